The van der Waals surface area contributed by atoms with Crippen LogP contribution in [-0.2, 0) is 11.3 Å². The predicted octanol–water partition coefficient (Wildman–Crippen LogP) is 3.61. The van der Waals surface area contributed by atoms with Crippen molar-refractivity contribution in [2.24, 2.45) is 0 Å². The van der Waals surface area contributed by atoms with Crippen LogP contribution in [0.4, 0.5) is 0 Å². The van der Waals surface area contributed by atoms with Crippen molar-refractivity contribution in [1.29, 1.82) is 0 Å². The third-order valence-corrected chi connectivity index (χ3v) is 3.80. The Hall–Kier alpha value is -2.31. The molecule has 124 valence electrons. The largest absolute Gasteiger partial charge is 0.467 e. The summed E-state index contributed by atoms with van der Waals surface area (Å²) in [5.41, 5.74) is 0.509. The number of hydrogen-bond acceptors (Lipinski definition) is 5. The summed E-state index contributed by atoms with van der Waals surface area (Å²) in [5, 5.41) is 4.09. The fourth-order valence-electron chi connectivity index (χ4n) is 2.11. The average molecular weight is 366 g/mol. The van der Waals surface area contributed by atoms with Gasteiger partial charge in [-0.25, -0.2) is 9.97 Å². The third kappa shape index (κ3) is 3.60. The van der Waals surface area contributed by atoms with Crippen LogP contribution >= 0.6 is 23.2 Å². The fraction of sp³-hybridized carbons (Fsp3) is 0.188. The molecule has 6 nitrogen and oxygen atoms in total. The van der Waals surface area contributed by atoms with Crippen molar-refractivity contribution < 1.29 is 13.9 Å². The standard InChI is InChI=1S/C16H13Cl2N3O3/c1-9(15(22)19-7-11-3-2-4-23-11)24-16-12-5-10(17)6-13(18)14(12)20-8-21-16/h2-6,8-9H,7H2,1H3,(H,19,22). The van der Waals surface area contributed by atoms with E-state index in [0.29, 0.717) is 26.7 Å². The second kappa shape index (κ2) is 7.07. The monoisotopic (exact) mass is 365 g/mol. The van der Waals surface area contributed by atoms with E-state index in [1.54, 1.807) is 37.5 Å². The molecule has 2 heterocycles. The molecule has 0 aliphatic carbocycles. The lowest BCUT2D eigenvalue weighted by Gasteiger charge is -2.15. The molecule has 24 heavy (non-hydrogen) atoms. The van der Waals surface area contributed by atoms with Crippen LogP contribution in [0.1, 0.15) is 12.7 Å². The van der Waals surface area contributed by atoms with Gasteiger partial charge < -0.3 is 14.5 Å². The Morgan fingerprint density at radius 2 is 2.21 bits per heavy atom. The molecule has 1 aromatic carbocycles. The minimum absolute atomic E-state index is 0.241. The van der Waals surface area contributed by atoms with Gasteiger partial charge in [0.25, 0.3) is 5.91 Å². The highest BCUT2D eigenvalue weighted by atomic mass is 35.5. The van der Waals surface area contributed by atoms with Gasteiger partial charge in [0.1, 0.15) is 12.1 Å². The topological polar surface area (TPSA) is 77.2 Å². The summed E-state index contributed by atoms with van der Waals surface area (Å²) in [4.78, 5) is 20.3. The molecule has 0 saturated heterocycles. The Morgan fingerprint density at radius 1 is 1.38 bits per heavy atom. The van der Waals surface area contributed by atoms with Gasteiger partial charge in [-0.15, -0.1) is 0 Å². The third-order valence-electron chi connectivity index (χ3n) is 3.29. The van der Waals surface area contributed by atoms with Gasteiger partial charge in [0.15, 0.2) is 6.10 Å². The van der Waals surface area contributed by atoms with Gasteiger partial charge in [0, 0.05) is 5.02 Å². The Labute approximate surface area is 147 Å². The molecular weight excluding hydrogens is 353 g/mol. The molecule has 1 unspecified atom stereocenters. The summed E-state index contributed by atoms with van der Waals surface area (Å²) >= 11 is 12.1. The van der Waals surface area contributed by atoms with E-state index < -0.39 is 6.10 Å². The zero-order valence-electron chi connectivity index (χ0n) is 12.6. The number of amides is 1. The highest BCUT2D eigenvalue weighted by Crippen LogP contribution is 2.31. The molecule has 0 aliphatic heterocycles. The SMILES string of the molecule is CC(Oc1ncnc2c(Cl)cc(Cl)cc12)C(=O)NCc1ccco1. The number of benzene rings is 1. The lowest BCUT2D eigenvalue weighted by atomic mass is 10.2. The van der Waals surface area contributed by atoms with E-state index in [0.717, 1.165) is 0 Å². The molecule has 0 fully saturated rings. The van der Waals surface area contributed by atoms with Crippen LogP contribution in [-0.4, -0.2) is 22.0 Å². The Kier molecular flexibility index (Phi) is 4.87. The maximum atomic E-state index is 12.1. The summed E-state index contributed by atoms with van der Waals surface area (Å²) < 4.78 is 10.8. The number of aromatic nitrogens is 2. The lowest BCUT2D eigenvalue weighted by Crippen LogP contribution is -2.36. The van der Waals surface area contributed by atoms with E-state index in [1.807, 2.05) is 0 Å². The number of nitrogens with zero attached hydrogens (tertiary/aromatic N) is 2. The lowest BCUT2D eigenvalue weighted by molar-refractivity contribution is -0.127. The van der Waals surface area contributed by atoms with Crippen LogP contribution in [0.3, 0.4) is 0 Å². The molecule has 0 bridgehead atoms. The van der Waals surface area contributed by atoms with Crippen molar-refractivity contribution in [1.82, 2.24) is 15.3 Å². The first kappa shape index (κ1) is 16.5. The van der Waals surface area contributed by atoms with Gasteiger partial charge in [0.2, 0.25) is 5.88 Å². The summed E-state index contributed by atoms with van der Waals surface area (Å²) in [6.45, 7) is 1.90. The van der Waals surface area contributed by atoms with Gasteiger partial charge in [-0.2, -0.15) is 0 Å². The molecule has 1 N–H and O–H groups in total. The number of rotatable bonds is 5. The van der Waals surface area contributed by atoms with Crippen LogP contribution in [0.2, 0.25) is 10.0 Å². The highest BCUT2D eigenvalue weighted by molar-refractivity contribution is 6.38. The zero-order valence-corrected chi connectivity index (χ0v) is 14.1. The van der Waals surface area contributed by atoms with E-state index >= 15 is 0 Å². The minimum Gasteiger partial charge on any atom is -0.467 e. The molecule has 0 radical (unpaired) electrons. The van der Waals surface area contributed by atoms with Crippen molar-refractivity contribution >= 4 is 40.0 Å². The highest BCUT2D eigenvalue weighted by Gasteiger charge is 2.18. The summed E-state index contributed by atoms with van der Waals surface area (Å²) in [7, 11) is 0. The van der Waals surface area contributed by atoms with E-state index in [2.05, 4.69) is 15.3 Å². The molecular formula is C16H13Cl2N3O3. The average Bonchev–Trinajstić information content (AvgIpc) is 3.06. The molecule has 0 aliphatic rings. The van der Waals surface area contributed by atoms with Crippen LogP contribution in [0.5, 0.6) is 5.88 Å². The normalized spacial score (nSPS) is 12.1. The Morgan fingerprint density at radius 3 is 2.96 bits per heavy atom. The van der Waals surface area contributed by atoms with Crippen LogP contribution in [0, 0.1) is 0 Å². The van der Waals surface area contributed by atoms with Gasteiger partial charge >= 0.3 is 0 Å². The Balaban J connectivity index is 1.75. The van der Waals surface area contributed by atoms with E-state index in [9.17, 15) is 4.79 Å². The first-order valence-corrected chi connectivity index (χ1v) is 7.86. The van der Waals surface area contributed by atoms with E-state index in [4.69, 9.17) is 32.4 Å². The van der Waals surface area contributed by atoms with Crippen LogP contribution in [0.25, 0.3) is 10.9 Å². The van der Waals surface area contributed by atoms with Crippen molar-refractivity contribution in [2.45, 2.75) is 19.6 Å². The second-order valence-corrected chi connectivity index (χ2v) is 5.86. The van der Waals surface area contributed by atoms with E-state index in [-0.39, 0.29) is 18.3 Å². The number of ether oxygens (including phenoxy) is 1. The quantitative estimate of drug-likeness (QED) is 0.746. The minimum atomic E-state index is -0.768. The fourth-order valence-corrected chi connectivity index (χ4v) is 2.66. The smallest absolute Gasteiger partial charge is 0.261 e. The first-order chi connectivity index (χ1) is 11.5. The molecule has 8 heteroatoms. The molecule has 1 atom stereocenters. The number of halogens is 2. The number of furan rings is 1. The summed E-state index contributed by atoms with van der Waals surface area (Å²) in [6, 6.07) is 6.75. The van der Waals surface area contributed by atoms with Gasteiger partial charge in [-0.05, 0) is 31.2 Å². The first-order valence-electron chi connectivity index (χ1n) is 7.11. The maximum Gasteiger partial charge on any atom is 0.261 e. The maximum absolute atomic E-state index is 12.1. The van der Waals surface area contributed by atoms with Crippen molar-refractivity contribution in [2.75, 3.05) is 0 Å². The zero-order chi connectivity index (χ0) is 17.1. The molecule has 1 amide bonds. The number of nitrogens with one attached hydrogen (secondary N) is 1. The Bertz CT molecular complexity index is 868. The van der Waals surface area contributed by atoms with Crippen LogP contribution < -0.4 is 10.1 Å². The molecule has 0 spiro atoms. The summed E-state index contributed by atoms with van der Waals surface area (Å²) in [6.07, 6.45) is 2.10. The van der Waals surface area contributed by atoms with Crippen molar-refractivity contribution in [3.05, 3.63) is 52.7 Å². The van der Waals surface area contributed by atoms with Gasteiger partial charge in [0.05, 0.1) is 28.7 Å². The molecule has 3 aromatic rings. The molecule has 2 aromatic heterocycles. The van der Waals surface area contributed by atoms with Crippen LogP contribution in [0.15, 0.2) is 41.3 Å². The number of carbonyl (C=O) groups excluding carboxylic acids is 1. The molecule has 3 rings (SSSR count). The number of carbonyl (C=O) groups is 1. The summed E-state index contributed by atoms with van der Waals surface area (Å²) in [5.74, 6) is 0.595. The van der Waals surface area contributed by atoms with Crippen molar-refractivity contribution in [3.63, 3.8) is 0 Å². The molecule has 0 saturated carbocycles. The van der Waals surface area contributed by atoms with Gasteiger partial charge in [-0.1, -0.05) is 23.2 Å². The number of fused-ring (bicyclic) bond motifs is 1. The van der Waals surface area contributed by atoms with Crippen molar-refractivity contribution in [3.8, 4) is 5.88 Å². The second-order valence-electron chi connectivity index (χ2n) is 5.02. The predicted molar refractivity (Wildman–Crippen MR) is 90.2 cm³/mol. The number of hydrogen-bond donors (Lipinski definition) is 1. The van der Waals surface area contributed by atoms with E-state index in [1.165, 1.54) is 6.33 Å². The van der Waals surface area contributed by atoms with Gasteiger partial charge in [-0.3, -0.25) is 4.79 Å².